The molecule has 136 valence electrons. The molecule has 2 fully saturated rings. The molecule has 1 aromatic carbocycles. The number of rotatable bonds is 2. The summed E-state index contributed by atoms with van der Waals surface area (Å²) in [5.74, 6) is 0. The maximum atomic E-state index is 12.0. The number of halogens is 1. The Bertz CT molecular complexity index is 788. The second-order valence-corrected chi connectivity index (χ2v) is 7.47. The van der Waals surface area contributed by atoms with Crippen molar-refractivity contribution in [2.45, 2.75) is 51.1 Å². The maximum absolute atomic E-state index is 12.0. The van der Waals surface area contributed by atoms with Gasteiger partial charge in [0.2, 0.25) is 0 Å². The van der Waals surface area contributed by atoms with Gasteiger partial charge < -0.3 is 9.73 Å². The summed E-state index contributed by atoms with van der Waals surface area (Å²) in [7, 11) is 0. The predicted octanol–water partition coefficient (Wildman–Crippen LogP) is 3.63. The Balaban J connectivity index is 0.00000182. The molecule has 2 aliphatic rings. The fourth-order valence-electron chi connectivity index (χ4n) is 4.51. The molecule has 1 aromatic heterocycles. The van der Waals surface area contributed by atoms with Gasteiger partial charge in [0.25, 0.3) is 0 Å². The lowest BCUT2D eigenvalue weighted by Crippen LogP contribution is -2.61. The fraction of sp³-hybridized carbons (Fsp3) is 0.550. The summed E-state index contributed by atoms with van der Waals surface area (Å²) < 4.78 is 5.42. The van der Waals surface area contributed by atoms with Gasteiger partial charge in [-0.1, -0.05) is 31.4 Å². The quantitative estimate of drug-likeness (QED) is 0.828. The average Bonchev–Trinajstić information content (AvgIpc) is 2.57. The summed E-state index contributed by atoms with van der Waals surface area (Å²) in [5.41, 5.74) is 2.96. The molecule has 2 aromatic rings. The molecule has 1 aliphatic carbocycles. The molecule has 4 rings (SSSR count). The van der Waals surface area contributed by atoms with Crippen molar-refractivity contribution in [3.05, 3.63) is 45.8 Å². The number of aryl methyl sites for hydroxylation is 1. The molecule has 0 radical (unpaired) electrons. The molecule has 0 atom stereocenters. The molecule has 4 nitrogen and oxygen atoms in total. The normalized spacial score (nSPS) is 20.5. The Morgan fingerprint density at radius 1 is 1.20 bits per heavy atom. The average molecular weight is 363 g/mol. The van der Waals surface area contributed by atoms with Gasteiger partial charge in [0.05, 0.1) is 0 Å². The number of piperazine rings is 1. The fourth-order valence-corrected chi connectivity index (χ4v) is 4.51. The third-order valence-electron chi connectivity index (χ3n) is 5.81. The van der Waals surface area contributed by atoms with Crippen LogP contribution in [0.4, 0.5) is 0 Å². The van der Waals surface area contributed by atoms with Crippen molar-refractivity contribution in [1.82, 2.24) is 10.2 Å². The van der Waals surface area contributed by atoms with Crippen molar-refractivity contribution in [3.8, 4) is 0 Å². The highest BCUT2D eigenvalue weighted by atomic mass is 35.5. The number of benzene rings is 1. The van der Waals surface area contributed by atoms with Gasteiger partial charge >= 0.3 is 5.63 Å². The lowest BCUT2D eigenvalue weighted by molar-refractivity contribution is 0.0211. The molecule has 1 spiro atoms. The Hall–Kier alpha value is -1.36. The van der Waals surface area contributed by atoms with E-state index in [2.05, 4.69) is 22.3 Å². The molecule has 5 heteroatoms. The molecule has 1 saturated carbocycles. The van der Waals surface area contributed by atoms with E-state index in [0.29, 0.717) is 5.58 Å². The highest BCUT2D eigenvalue weighted by Gasteiger charge is 2.39. The van der Waals surface area contributed by atoms with Gasteiger partial charge in [-0.2, -0.15) is 0 Å². The molecular weight excluding hydrogens is 336 g/mol. The number of hydrogen-bond donors (Lipinski definition) is 1. The predicted molar refractivity (Wildman–Crippen MR) is 104 cm³/mol. The minimum Gasteiger partial charge on any atom is -0.423 e. The Kier molecular flexibility index (Phi) is 5.52. The van der Waals surface area contributed by atoms with E-state index in [0.717, 1.165) is 42.7 Å². The van der Waals surface area contributed by atoms with E-state index in [1.807, 2.05) is 13.0 Å². The Morgan fingerprint density at radius 2 is 2.00 bits per heavy atom. The van der Waals surface area contributed by atoms with E-state index in [9.17, 15) is 4.79 Å². The highest BCUT2D eigenvalue weighted by Crippen LogP contribution is 2.36. The second kappa shape index (κ2) is 7.48. The summed E-state index contributed by atoms with van der Waals surface area (Å²) in [6.45, 7) is 6.02. The first-order valence-corrected chi connectivity index (χ1v) is 9.16. The smallest absolute Gasteiger partial charge is 0.336 e. The zero-order valence-corrected chi connectivity index (χ0v) is 15.7. The molecule has 0 unspecified atom stereocenters. The SMILES string of the molecule is Cc1ccc2c(CN3CCNCC34CCCCC4)cc(=O)oc2c1.Cl. The summed E-state index contributed by atoms with van der Waals surface area (Å²) in [6.07, 6.45) is 6.51. The summed E-state index contributed by atoms with van der Waals surface area (Å²) in [4.78, 5) is 14.6. The highest BCUT2D eigenvalue weighted by molar-refractivity contribution is 5.85. The third kappa shape index (κ3) is 3.62. The Morgan fingerprint density at radius 3 is 2.80 bits per heavy atom. The van der Waals surface area contributed by atoms with Crippen molar-refractivity contribution in [2.24, 2.45) is 0 Å². The topological polar surface area (TPSA) is 45.5 Å². The van der Waals surface area contributed by atoms with Crippen LogP contribution in [-0.4, -0.2) is 30.1 Å². The number of nitrogens with one attached hydrogen (secondary N) is 1. The van der Waals surface area contributed by atoms with Crippen LogP contribution in [0.25, 0.3) is 11.0 Å². The van der Waals surface area contributed by atoms with Crippen LogP contribution in [0.1, 0.15) is 43.2 Å². The molecule has 25 heavy (non-hydrogen) atoms. The van der Waals surface area contributed by atoms with Gasteiger partial charge in [0.1, 0.15) is 5.58 Å². The van der Waals surface area contributed by atoms with Crippen LogP contribution in [0.15, 0.2) is 33.5 Å². The van der Waals surface area contributed by atoms with Crippen LogP contribution in [0.5, 0.6) is 0 Å². The standard InChI is InChI=1S/C20H26N2O2.ClH/c1-15-5-6-17-16(12-19(23)24-18(17)11-15)13-22-10-9-21-14-20(22)7-3-2-4-8-20;/h5-6,11-12,21H,2-4,7-10,13-14H2,1H3;1H. The first-order chi connectivity index (χ1) is 11.7. The minimum absolute atomic E-state index is 0. The largest absolute Gasteiger partial charge is 0.423 e. The van der Waals surface area contributed by atoms with E-state index in [1.165, 1.54) is 32.1 Å². The van der Waals surface area contributed by atoms with Crippen molar-refractivity contribution in [3.63, 3.8) is 0 Å². The maximum Gasteiger partial charge on any atom is 0.336 e. The molecule has 1 N–H and O–H groups in total. The van der Waals surface area contributed by atoms with Crippen molar-refractivity contribution >= 4 is 23.4 Å². The number of hydrogen-bond acceptors (Lipinski definition) is 4. The molecule has 1 aliphatic heterocycles. The van der Waals surface area contributed by atoms with Crippen LogP contribution >= 0.6 is 12.4 Å². The number of fused-ring (bicyclic) bond motifs is 1. The Labute approximate surface area is 155 Å². The summed E-state index contributed by atoms with van der Waals surface area (Å²) >= 11 is 0. The molecule has 0 bridgehead atoms. The van der Waals surface area contributed by atoms with Gasteiger partial charge in [-0.3, -0.25) is 4.90 Å². The number of nitrogens with zero attached hydrogens (tertiary/aromatic N) is 1. The van der Waals surface area contributed by atoms with Gasteiger partial charge in [-0.05, 0) is 37.0 Å². The van der Waals surface area contributed by atoms with Crippen LogP contribution in [0, 0.1) is 6.92 Å². The zero-order chi connectivity index (χ0) is 16.6. The lowest BCUT2D eigenvalue weighted by atomic mass is 9.79. The van der Waals surface area contributed by atoms with E-state index in [1.54, 1.807) is 6.07 Å². The van der Waals surface area contributed by atoms with Crippen molar-refractivity contribution in [2.75, 3.05) is 19.6 Å². The van der Waals surface area contributed by atoms with E-state index in [-0.39, 0.29) is 23.6 Å². The monoisotopic (exact) mass is 362 g/mol. The van der Waals surface area contributed by atoms with E-state index < -0.39 is 0 Å². The first kappa shape index (κ1) is 18.4. The molecule has 2 heterocycles. The zero-order valence-electron chi connectivity index (χ0n) is 14.8. The van der Waals surface area contributed by atoms with Gasteiger partial charge in [-0.15, -0.1) is 12.4 Å². The van der Waals surface area contributed by atoms with Gasteiger partial charge in [-0.25, -0.2) is 4.79 Å². The van der Waals surface area contributed by atoms with E-state index >= 15 is 0 Å². The molecule has 1 saturated heterocycles. The summed E-state index contributed by atoms with van der Waals surface area (Å²) in [5, 5.41) is 4.67. The van der Waals surface area contributed by atoms with Crippen LogP contribution in [0.3, 0.4) is 0 Å². The van der Waals surface area contributed by atoms with Gasteiger partial charge in [0.15, 0.2) is 0 Å². The van der Waals surface area contributed by atoms with Gasteiger partial charge in [0, 0.05) is 43.2 Å². The van der Waals surface area contributed by atoms with Crippen molar-refractivity contribution < 1.29 is 4.42 Å². The van der Waals surface area contributed by atoms with Crippen LogP contribution < -0.4 is 10.9 Å². The minimum atomic E-state index is -0.240. The second-order valence-electron chi connectivity index (χ2n) is 7.47. The van der Waals surface area contributed by atoms with E-state index in [4.69, 9.17) is 4.42 Å². The lowest BCUT2D eigenvalue weighted by Gasteiger charge is -2.50. The van der Waals surface area contributed by atoms with Crippen molar-refractivity contribution in [1.29, 1.82) is 0 Å². The molecular formula is C20H27ClN2O2. The third-order valence-corrected chi connectivity index (χ3v) is 5.81. The first-order valence-electron chi connectivity index (χ1n) is 9.16. The molecule has 0 amide bonds. The van der Waals surface area contributed by atoms with Crippen LogP contribution in [0.2, 0.25) is 0 Å². The van der Waals surface area contributed by atoms with Crippen LogP contribution in [-0.2, 0) is 6.54 Å². The summed E-state index contributed by atoms with van der Waals surface area (Å²) in [6, 6.07) is 7.85.